The highest BCUT2D eigenvalue weighted by Gasteiger charge is 2.26. The zero-order valence-corrected chi connectivity index (χ0v) is 25.1. The molecular formula is C31H41ClN2O4S. The first kappa shape index (κ1) is 29.6. The first-order valence-corrected chi connectivity index (χ1v) is 15.7. The zero-order valence-electron chi connectivity index (χ0n) is 23.4. The van der Waals surface area contributed by atoms with E-state index in [0.29, 0.717) is 24.5 Å². The summed E-state index contributed by atoms with van der Waals surface area (Å²) in [5.41, 5.74) is 3.72. The number of anilines is 1. The molecule has 0 spiro atoms. The smallest absolute Gasteiger partial charge is 0.284 e. The van der Waals surface area contributed by atoms with Crippen molar-refractivity contribution < 1.29 is 18.5 Å². The molecule has 0 saturated carbocycles. The van der Waals surface area contributed by atoms with E-state index in [-0.39, 0.29) is 23.9 Å². The van der Waals surface area contributed by atoms with Crippen LogP contribution in [0.25, 0.3) is 0 Å². The SMILES string of the molecule is CO[C@H]1/C=C/C[C@H](C)C/[SH](=O)=N\C(=O)c2ccc3c(c2)N(Cc2ccc(Cl)cc2CCCCO3)C[C@H](C)[C@H]1C. The normalized spacial score (nSPS) is 28.3. The highest BCUT2D eigenvalue weighted by Crippen LogP contribution is 2.35. The molecule has 212 valence electrons. The molecule has 5 atom stereocenters. The van der Waals surface area contributed by atoms with E-state index >= 15 is 0 Å². The number of carbonyl (C=O) groups is 1. The third-order valence-corrected chi connectivity index (χ3v) is 9.48. The van der Waals surface area contributed by atoms with E-state index in [9.17, 15) is 9.00 Å². The number of rotatable bonds is 1. The maximum Gasteiger partial charge on any atom is 0.284 e. The van der Waals surface area contributed by atoms with Gasteiger partial charge in [-0.25, -0.2) is 0 Å². The summed E-state index contributed by atoms with van der Waals surface area (Å²) in [7, 11) is -0.248. The third kappa shape index (κ3) is 7.86. The number of hydrogen-bond acceptors (Lipinski definition) is 5. The number of methoxy groups -OCH3 is 1. The van der Waals surface area contributed by atoms with Crippen LogP contribution >= 0.6 is 11.6 Å². The highest BCUT2D eigenvalue weighted by atomic mass is 35.5. The van der Waals surface area contributed by atoms with Crippen LogP contribution in [-0.2, 0) is 28.3 Å². The largest absolute Gasteiger partial charge is 0.491 e. The number of benzene rings is 2. The Morgan fingerprint density at radius 1 is 1.10 bits per heavy atom. The number of hydrogen-bond donors (Lipinski definition) is 1. The van der Waals surface area contributed by atoms with Crippen molar-refractivity contribution in [3.05, 3.63) is 70.3 Å². The van der Waals surface area contributed by atoms with E-state index in [2.05, 4.69) is 47.4 Å². The first-order valence-electron chi connectivity index (χ1n) is 13.9. The summed E-state index contributed by atoms with van der Waals surface area (Å²) in [6, 6.07) is 11.6. The number of amides is 1. The minimum atomic E-state index is -2.00. The second kappa shape index (κ2) is 13.8. The summed E-state index contributed by atoms with van der Waals surface area (Å²) in [5.74, 6) is 1.30. The van der Waals surface area contributed by atoms with Crippen molar-refractivity contribution in [1.82, 2.24) is 0 Å². The van der Waals surface area contributed by atoms with E-state index in [1.54, 1.807) is 13.2 Å². The summed E-state index contributed by atoms with van der Waals surface area (Å²) < 4.78 is 29.0. The van der Waals surface area contributed by atoms with Gasteiger partial charge in [0.25, 0.3) is 5.91 Å². The Morgan fingerprint density at radius 2 is 1.92 bits per heavy atom. The van der Waals surface area contributed by atoms with Gasteiger partial charge < -0.3 is 14.4 Å². The molecule has 1 unspecified atom stereocenters. The molecule has 0 saturated heterocycles. The molecule has 2 heterocycles. The number of aryl methyl sites for hydroxylation is 1. The van der Waals surface area contributed by atoms with Crippen LogP contribution in [0.1, 0.15) is 61.5 Å². The molecule has 1 amide bonds. The lowest BCUT2D eigenvalue weighted by atomic mass is 9.89. The van der Waals surface area contributed by atoms with Crippen LogP contribution in [0, 0.1) is 17.8 Å². The number of nitrogens with zero attached hydrogens (tertiary/aromatic N) is 2. The fourth-order valence-electron chi connectivity index (χ4n) is 5.35. The van der Waals surface area contributed by atoms with Gasteiger partial charge >= 0.3 is 0 Å². The Labute approximate surface area is 239 Å². The van der Waals surface area contributed by atoms with Crippen LogP contribution in [0.4, 0.5) is 5.69 Å². The Kier molecular flexibility index (Phi) is 10.5. The second-order valence-electron chi connectivity index (χ2n) is 11.0. The average Bonchev–Trinajstić information content (AvgIpc) is 2.93. The lowest BCUT2D eigenvalue weighted by Gasteiger charge is -2.34. The van der Waals surface area contributed by atoms with Gasteiger partial charge in [0, 0.05) is 47.1 Å². The lowest BCUT2D eigenvalue weighted by molar-refractivity contribution is 0.0745. The molecular weight excluding hydrogens is 532 g/mol. The molecule has 2 aliphatic heterocycles. The zero-order chi connectivity index (χ0) is 27.9. The molecule has 6 nitrogen and oxygen atoms in total. The monoisotopic (exact) mass is 572 g/mol. The van der Waals surface area contributed by atoms with Crippen LogP contribution in [0.15, 0.2) is 52.9 Å². The van der Waals surface area contributed by atoms with Crippen molar-refractivity contribution in [2.24, 2.45) is 22.1 Å². The molecule has 0 aromatic heterocycles. The van der Waals surface area contributed by atoms with Gasteiger partial charge in [-0.3, -0.25) is 9.00 Å². The first-order chi connectivity index (χ1) is 18.7. The van der Waals surface area contributed by atoms with Crippen LogP contribution in [-0.4, -0.2) is 42.2 Å². The summed E-state index contributed by atoms with van der Waals surface area (Å²) >= 11 is 6.39. The van der Waals surface area contributed by atoms with Gasteiger partial charge in [0.05, 0.1) is 18.4 Å². The fourth-order valence-corrected chi connectivity index (χ4v) is 6.62. The Bertz CT molecular complexity index is 1270. The number of halogens is 1. The van der Waals surface area contributed by atoms with Crippen LogP contribution < -0.4 is 9.64 Å². The summed E-state index contributed by atoms with van der Waals surface area (Å²) in [6.07, 6.45) is 7.79. The summed E-state index contributed by atoms with van der Waals surface area (Å²) in [5, 5.41) is 0.739. The number of thiol groups is 1. The number of fused-ring (bicyclic) bond motifs is 2. The van der Waals surface area contributed by atoms with Gasteiger partial charge in [0.15, 0.2) is 0 Å². The molecule has 0 aliphatic carbocycles. The van der Waals surface area contributed by atoms with E-state index in [4.69, 9.17) is 21.1 Å². The third-order valence-electron chi connectivity index (χ3n) is 7.90. The highest BCUT2D eigenvalue weighted by molar-refractivity contribution is 7.75. The summed E-state index contributed by atoms with van der Waals surface area (Å²) in [4.78, 5) is 15.4. The molecule has 0 fully saturated rings. The van der Waals surface area contributed by atoms with Gasteiger partial charge in [-0.2, -0.15) is 4.36 Å². The molecule has 2 bridgehead atoms. The van der Waals surface area contributed by atoms with Crippen molar-refractivity contribution in [3.8, 4) is 5.75 Å². The van der Waals surface area contributed by atoms with Gasteiger partial charge in [-0.1, -0.05) is 50.6 Å². The maximum absolute atomic E-state index is 13.1. The van der Waals surface area contributed by atoms with E-state index < -0.39 is 16.5 Å². The van der Waals surface area contributed by atoms with Gasteiger partial charge in [-0.15, -0.1) is 0 Å². The van der Waals surface area contributed by atoms with E-state index in [1.807, 2.05) is 25.1 Å². The van der Waals surface area contributed by atoms with Crippen molar-refractivity contribution in [3.63, 3.8) is 0 Å². The van der Waals surface area contributed by atoms with Gasteiger partial charge in [0.1, 0.15) is 5.75 Å². The molecule has 4 rings (SSSR count). The standard InChI is InChI=1S/C31H41ClN2O4S/c1-21-8-7-10-29(37-4)23(3)22(2)18-34-19-26-11-13-27(32)16-24(26)9-5-6-15-38-30-14-12-25(17-28(30)34)31(35)33-39(36)20-21/h7,10-14,16-17,21-23,29,39H,5-6,8-9,15,18-20H2,1-4H3/b10-7+/t21-,22-,23+,29-/m0/s1. The molecule has 8 heteroatoms. The van der Waals surface area contributed by atoms with E-state index in [1.165, 1.54) is 11.1 Å². The Morgan fingerprint density at radius 3 is 2.72 bits per heavy atom. The molecule has 0 radical (unpaired) electrons. The minimum absolute atomic E-state index is 0.0442. The summed E-state index contributed by atoms with van der Waals surface area (Å²) in [6.45, 7) is 8.47. The minimum Gasteiger partial charge on any atom is -0.491 e. The van der Waals surface area contributed by atoms with Crippen molar-refractivity contribution in [2.75, 3.05) is 30.9 Å². The Hall–Kier alpha value is -2.35. The second-order valence-corrected chi connectivity index (χ2v) is 12.7. The Balaban J connectivity index is 1.84. The van der Waals surface area contributed by atoms with Crippen molar-refractivity contribution >= 4 is 33.8 Å². The number of allylic oxidation sites excluding steroid dienone is 1. The molecule has 39 heavy (non-hydrogen) atoms. The average molecular weight is 573 g/mol. The van der Waals surface area contributed by atoms with Crippen LogP contribution in [0.5, 0.6) is 5.75 Å². The van der Waals surface area contributed by atoms with Gasteiger partial charge in [-0.05, 0) is 84.9 Å². The number of ether oxygens (including phenoxy) is 2. The number of carbonyl (C=O) groups excluding carboxylic acids is 1. The van der Waals surface area contributed by atoms with E-state index in [0.717, 1.165) is 48.7 Å². The molecule has 0 N–H and O–H groups in total. The van der Waals surface area contributed by atoms with Crippen molar-refractivity contribution in [1.29, 1.82) is 0 Å². The quantitative estimate of drug-likeness (QED) is 0.302. The van der Waals surface area contributed by atoms with Crippen LogP contribution in [0.2, 0.25) is 5.02 Å². The molecule has 2 aromatic carbocycles. The van der Waals surface area contributed by atoms with Crippen molar-refractivity contribution in [2.45, 2.75) is 59.1 Å². The molecule has 2 aliphatic rings. The fraction of sp³-hybridized carbons (Fsp3) is 0.516. The molecule has 2 aromatic rings. The lowest BCUT2D eigenvalue weighted by Crippen LogP contribution is -2.35. The predicted molar refractivity (Wildman–Crippen MR) is 161 cm³/mol. The predicted octanol–water partition coefficient (Wildman–Crippen LogP) is 6.75. The van der Waals surface area contributed by atoms with Gasteiger partial charge in [0.2, 0.25) is 0 Å². The van der Waals surface area contributed by atoms with Crippen LogP contribution in [0.3, 0.4) is 0 Å². The maximum atomic E-state index is 13.1. The topological polar surface area (TPSA) is 68.2 Å².